The van der Waals surface area contributed by atoms with Gasteiger partial charge in [0.15, 0.2) is 11.6 Å². The maximum absolute atomic E-state index is 14.5. The van der Waals surface area contributed by atoms with E-state index in [2.05, 4.69) is 25.9 Å². The van der Waals surface area contributed by atoms with E-state index >= 15 is 0 Å². The second-order valence-corrected chi connectivity index (χ2v) is 9.05. The summed E-state index contributed by atoms with van der Waals surface area (Å²) in [6, 6.07) is 10.1. The predicted octanol–water partition coefficient (Wildman–Crippen LogP) is 3.59. The van der Waals surface area contributed by atoms with E-state index in [1.807, 2.05) is 6.07 Å². The Balaban J connectivity index is 1.37. The zero-order valence-corrected chi connectivity index (χ0v) is 19.7. The number of anilines is 1. The number of methoxy groups -OCH3 is 1. The molecular weight excluding hydrogens is 449 g/mol. The van der Waals surface area contributed by atoms with Crippen molar-refractivity contribution in [3.05, 3.63) is 59.5 Å². The number of rotatable bonds is 7. The number of hydrogen-bond acceptors (Lipinski definition) is 7. The van der Waals surface area contributed by atoms with Crippen LogP contribution in [0, 0.1) is 5.82 Å². The average Bonchev–Trinajstić information content (AvgIpc) is 3.42. The van der Waals surface area contributed by atoms with Gasteiger partial charge in [0.25, 0.3) is 5.91 Å². The smallest absolute Gasteiger partial charge is 0.251 e. The van der Waals surface area contributed by atoms with Gasteiger partial charge in [-0.15, -0.1) is 0 Å². The average molecular weight is 480 g/mol. The highest BCUT2D eigenvalue weighted by Crippen LogP contribution is 2.28. The minimum Gasteiger partial charge on any atom is -0.494 e. The van der Waals surface area contributed by atoms with Gasteiger partial charge in [-0.1, -0.05) is 12.1 Å². The van der Waals surface area contributed by atoms with Crippen molar-refractivity contribution in [2.45, 2.75) is 43.8 Å². The SMILES string of the molecule is COc1ccc([C@H](NC(=O)c2ccc3cnc(NC4CCOCC4)nc3c2)[C@H]2CCCN2)cc1F. The quantitative estimate of drug-likeness (QED) is 0.476. The van der Waals surface area contributed by atoms with Crippen molar-refractivity contribution in [3.8, 4) is 5.75 Å². The summed E-state index contributed by atoms with van der Waals surface area (Å²) in [6.07, 6.45) is 5.48. The van der Waals surface area contributed by atoms with E-state index in [-0.39, 0.29) is 29.8 Å². The van der Waals surface area contributed by atoms with Crippen LogP contribution >= 0.6 is 0 Å². The summed E-state index contributed by atoms with van der Waals surface area (Å²) in [4.78, 5) is 22.4. The molecule has 2 saturated heterocycles. The second kappa shape index (κ2) is 10.5. The molecule has 3 N–H and O–H groups in total. The largest absolute Gasteiger partial charge is 0.494 e. The van der Waals surface area contributed by atoms with Crippen LogP contribution in [0.5, 0.6) is 5.75 Å². The van der Waals surface area contributed by atoms with Crippen molar-refractivity contribution in [2.24, 2.45) is 0 Å². The number of aromatic nitrogens is 2. The fourth-order valence-corrected chi connectivity index (χ4v) is 4.77. The maximum Gasteiger partial charge on any atom is 0.251 e. The van der Waals surface area contributed by atoms with Crippen LogP contribution in [0.4, 0.5) is 10.3 Å². The fraction of sp³-hybridized carbons (Fsp3) is 0.423. The summed E-state index contributed by atoms with van der Waals surface area (Å²) in [5, 5.41) is 10.8. The minimum absolute atomic E-state index is 0.0183. The first-order valence-corrected chi connectivity index (χ1v) is 12.1. The van der Waals surface area contributed by atoms with Crippen molar-refractivity contribution in [1.82, 2.24) is 20.6 Å². The summed E-state index contributed by atoms with van der Waals surface area (Å²) < 4.78 is 24.9. The summed E-state index contributed by atoms with van der Waals surface area (Å²) in [5.74, 6) is 0.0369. The Kier molecular flexibility index (Phi) is 7.06. The van der Waals surface area contributed by atoms with Gasteiger partial charge in [-0.05, 0) is 62.1 Å². The Labute approximate surface area is 203 Å². The van der Waals surface area contributed by atoms with Crippen LogP contribution < -0.4 is 20.7 Å². The Morgan fingerprint density at radius 2 is 2.06 bits per heavy atom. The maximum atomic E-state index is 14.5. The summed E-state index contributed by atoms with van der Waals surface area (Å²) >= 11 is 0. The Hall–Kier alpha value is -3.30. The van der Waals surface area contributed by atoms with Crippen LogP contribution in [0.3, 0.4) is 0 Å². The van der Waals surface area contributed by atoms with Gasteiger partial charge < -0.3 is 25.4 Å². The first kappa shape index (κ1) is 23.4. The van der Waals surface area contributed by atoms with Crippen LogP contribution in [-0.2, 0) is 4.74 Å². The molecule has 0 bridgehead atoms. The molecule has 2 aliphatic heterocycles. The molecule has 2 aromatic carbocycles. The molecule has 8 nitrogen and oxygen atoms in total. The third-order valence-corrected chi connectivity index (χ3v) is 6.72. The van der Waals surface area contributed by atoms with E-state index in [1.165, 1.54) is 13.2 Å². The molecule has 3 heterocycles. The lowest BCUT2D eigenvalue weighted by Gasteiger charge is -2.26. The molecule has 184 valence electrons. The summed E-state index contributed by atoms with van der Waals surface area (Å²) in [5.41, 5.74) is 1.88. The molecule has 0 spiro atoms. The molecule has 0 aliphatic carbocycles. The van der Waals surface area contributed by atoms with Crippen molar-refractivity contribution in [1.29, 1.82) is 0 Å². The molecule has 2 atom stereocenters. The molecule has 1 amide bonds. The summed E-state index contributed by atoms with van der Waals surface area (Å²) in [6.45, 7) is 2.32. The van der Waals surface area contributed by atoms with Gasteiger partial charge in [0.1, 0.15) is 0 Å². The lowest BCUT2D eigenvalue weighted by Crippen LogP contribution is -2.41. The lowest BCUT2D eigenvalue weighted by molar-refractivity contribution is 0.0902. The molecule has 1 aromatic heterocycles. The first-order chi connectivity index (χ1) is 17.1. The second-order valence-electron chi connectivity index (χ2n) is 9.05. The molecule has 2 fully saturated rings. The van der Waals surface area contributed by atoms with E-state index in [1.54, 1.807) is 30.5 Å². The molecular formula is C26H30FN5O3. The van der Waals surface area contributed by atoms with E-state index in [0.717, 1.165) is 50.8 Å². The molecule has 9 heteroatoms. The number of fused-ring (bicyclic) bond motifs is 1. The van der Waals surface area contributed by atoms with Gasteiger partial charge in [-0.3, -0.25) is 4.79 Å². The van der Waals surface area contributed by atoms with Crippen LogP contribution in [-0.4, -0.2) is 54.8 Å². The van der Waals surface area contributed by atoms with Crippen LogP contribution in [0.15, 0.2) is 42.6 Å². The molecule has 0 unspecified atom stereocenters. The number of halogens is 1. The first-order valence-electron chi connectivity index (χ1n) is 12.1. The molecule has 5 rings (SSSR count). The summed E-state index contributed by atoms with van der Waals surface area (Å²) in [7, 11) is 1.43. The fourth-order valence-electron chi connectivity index (χ4n) is 4.77. The monoisotopic (exact) mass is 479 g/mol. The van der Waals surface area contributed by atoms with Crippen molar-refractivity contribution in [3.63, 3.8) is 0 Å². The number of nitrogens with zero attached hydrogens (tertiary/aromatic N) is 2. The number of carbonyl (C=O) groups is 1. The van der Waals surface area contributed by atoms with E-state index in [9.17, 15) is 9.18 Å². The highest BCUT2D eigenvalue weighted by molar-refractivity contribution is 5.98. The highest BCUT2D eigenvalue weighted by Gasteiger charge is 2.28. The zero-order valence-electron chi connectivity index (χ0n) is 19.7. The third kappa shape index (κ3) is 5.36. The number of nitrogens with one attached hydrogen (secondary N) is 3. The zero-order chi connectivity index (χ0) is 24.2. The number of benzene rings is 2. The Morgan fingerprint density at radius 3 is 2.80 bits per heavy atom. The molecule has 0 radical (unpaired) electrons. The van der Waals surface area contributed by atoms with E-state index in [0.29, 0.717) is 22.6 Å². The van der Waals surface area contributed by atoms with Gasteiger partial charge in [-0.2, -0.15) is 0 Å². The number of hydrogen-bond donors (Lipinski definition) is 3. The normalized spacial score (nSPS) is 19.4. The lowest BCUT2D eigenvalue weighted by atomic mass is 9.97. The Morgan fingerprint density at radius 1 is 1.20 bits per heavy atom. The number of ether oxygens (including phenoxy) is 2. The molecule has 0 saturated carbocycles. The number of amides is 1. The molecule has 3 aromatic rings. The van der Waals surface area contributed by atoms with Crippen molar-refractivity contribution in [2.75, 3.05) is 32.2 Å². The highest BCUT2D eigenvalue weighted by atomic mass is 19.1. The predicted molar refractivity (Wildman–Crippen MR) is 131 cm³/mol. The van der Waals surface area contributed by atoms with Gasteiger partial charge in [0.05, 0.1) is 18.7 Å². The Bertz CT molecular complexity index is 1190. The standard InChI is InChI=1S/C26H30FN5O3/c1-34-23-7-6-16(13-20(23)27)24(21-3-2-10-28-21)32-25(33)17-4-5-18-15-29-26(31-22(18)14-17)30-19-8-11-35-12-9-19/h4-7,13-15,19,21,24,28H,2-3,8-12H2,1H3,(H,32,33)(H,29,30,31)/t21-,24+/m1/s1. The van der Waals surface area contributed by atoms with Gasteiger partial charge in [0.2, 0.25) is 5.95 Å². The van der Waals surface area contributed by atoms with Gasteiger partial charge in [0, 0.05) is 42.4 Å². The van der Waals surface area contributed by atoms with E-state index in [4.69, 9.17) is 9.47 Å². The number of carbonyl (C=O) groups excluding carboxylic acids is 1. The molecule has 35 heavy (non-hydrogen) atoms. The van der Waals surface area contributed by atoms with Gasteiger partial charge in [-0.25, -0.2) is 14.4 Å². The molecule has 2 aliphatic rings. The third-order valence-electron chi connectivity index (χ3n) is 6.72. The van der Waals surface area contributed by atoms with E-state index < -0.39 is 5.82 Å². The van der Waals surface area contributed by atoms with Gasteiger partial charge >= 0.3 is 0 Å². The van der Waals surface area contributed by atoms with Crippen molar-refractivity contribution >= 4 is 22.8 Å². The van der Waals surface area contributed by atoms with Crippen LogP contribution in [0.2, 0.25) is 0 Å². The van der Waals surface area contributed by atoms with Crippen molar-refractivity contribution < 1.29 is 18.7 Å². The van der Waals surface area contributed by atoms with Crippen LogP contribution in [0.25, 0.3) is 10.9 Å². The van der Waals surface area contributed by atoms with Crippen LogP contribution in [0.1, 0.15) is 47.6 Å². The topological polar surface area (TPSA) is 97.4 Å². The minimum atomic E-state index is -0.450.